The van der Waals surface area contributed by atoms with Crippen LogP contribution in [-0.2, 0) is 25.6 Å². The number of hydrogen-bond donors (Lipinski definition) is 9. The molecule has 0 aromatic heterocycles. The number of amides is 4. The number of phenols is 1. The summed E-state index contributed by atoms with van der Waals surface area (Å²) in [7, 11) is 0. The average molecular weight is 630 g/mol. The molecular formula is C31H51N9O5. The number of primary amides is 1. The smallest absolute Gasteiger partial charge is 0.243 e. The highest BCUT2D eigenvalue weighted by molar-refractivity contribution is 5.93. The lowest BCUT2D eigenvalue weighted by Gasteiger charge is -2.24. The molecule has 2 rings (SSSR count). The molecule has 0 aliphatic carbocycles. The van der Waals surface area contributed by atoms with Crippen LogP contribution in [0.1, 0.15) is 48.4 Å². The van der Waals surface area contributed by atoms with Gasteiger partial charge in [-0.1, -0.05) is 42.8 Å². The van der Waals surface area contributed by atoms with Gasteiger partial charge >= 0.3 is 0 Å². The van der Waals surface area contributed by atoms with Crippen LogP contribution < -0.4 is 44.6 Å². The van der Waals surface area contributed by atoms with Crippen LogP contribution in [0.3, 0.4) is 0 Å². The van der Waals surface area contributed by atoms with E-state index in [0.29, 0.717) is 13.0 Å². The monoisotopic (exact) mass is 629 g/mol. The first-order chi connectivity index (χ1) is 21.2. The highest BCUT2D eigenvalue weighted by Crippen LogP contribution is 2.22. The fraction of sp³-hybridized carbons (Fsp3) is 0.452. The van der Waals surface area contributed by atoms with Crippen LogP contribution in [0.2, 0.25) is 0 Å². The van der Waals surface area contributed by atoms with Crippen LogP contribution in [0.15, 0.2) is 47.5 Å². The molecule has 0 saturated carbocycles. The van der Waals surface area contributed by atoms with E-state index in [1.807, 2.05) is 25.1 Å². The number of hydrogen-bond acceptors (Lipinski definition) is 8. The van der Waals surface area contributed by atoms with Gasteiger partial charge in [-0.15, -0.1) is 0 Å². The van der Waals surface area contributed by atoms with Crippen molar-refractivity contribution in [3.8, 4) is 5.75 Å². The van der Waals surface area contributed by atoms with E-state index in [1.165, 1.54) is 5.56 Å². The van der Waals surface area contributed by atoms with Crippen molar-refractivity contribution in [2.45, 2.75) is 65.5 Å². The van der Waals surface area contributed by atoms with Gasteiger partial charge in [0.15, 0.2) is 5.96 Å². The summed E-state index contributed by atoms with van der Waals surface area (Å²) in [4.78, 5) is 51.9. The van der Waals surface area contributed by atoms with Crippen molar-refractivity contribution >= 4 is 29.6 Å². The predicted molar refractivity (Wildman–Crippen MR) is 177 cm³/mol. The van der Waals surface area contributed by atoms with Gasteiger partial charge in [-0.3, -0.25) is 24.2 Å². The maximum Gasteiger partial charge on any atom is 0.243 e. The summed E-state index contributed by atoms with van der Waals surface area (Å²) in [5, 5.41) is 17.3. The van der Waals surface area contributed by atoms with Crippen LogP contribution in [0, 0.1) is 20.8 Å². The standard InChI is InChI=1S/C20H32N6O5.C7H8.C4H11N3/c1-11-6-13(27)7-12(2)14(11)8-16(25-18(29)9-22)20(31)26-15(4-3-5-21)19(30)24-10-17(23)28;1-7-5-3-2-4-6-7;1-2-3-7-4(5)6/h6-7,15-16,27H,3-5,8-10,21-22H2,1-2H3,(H2,23,28)(H,24,30)(H,25,29)(H,26,31);2-6H,1H3;2-3H2,1H3,(H4,5,6,7)/t15-,16-;;/m0../s1. The molecule has 250 valence electrons. The maximum absolute atomic E-state index is 13.0. The zero-order valence-corrected chi connectivity index (χ0v) is 26.8. The first-order valence-electron chi connectivity index (χ1n) is 14.7. The van der Waals surface area contributed by atoms with Crippen molar-refractivity contribution in [1.82, 2.24) is 16.0 Å². The SMILES string of the molecule is CCCN=C(N)N.Cc1cc(O)cc(C)c1C[C@H](NC(=O)CN)C(=O)N[C@@H](CCCN)C(=O)NCC(N)=O.Cc1ccccc1. The molecule has 0 spiro atoms. The molecule has 0 bridgehead atoms. The van der Waals surface area contributed by atoms with E-state index >= 15 is 0 Å². The molecule has 0 heterocycles. The second-order valence-corrected chi connectivity index (χ2v) is 10.2. The van der Waals surface area contributed by atoms with E-state index in [2.05, 4.69) is 40.0 Å². The number of nitrogens with zero attached hydrogens (tertiary/aromatic N) is 1. The lowest BCUT2D eigenvalue weighted by Crippen LogP contribution is -2.55. The number of benzene rings is 2. The second-order valence-electron chi connectivity index (χ2n) is 10.2. The Morgan fingerprint density at radius 2 is 1.49 bits per heavy atom. The molecule has 0 unspecified atom stereocenters. The quantitative estimate of drug-likeness (QED) is 0.0960. The molecule has 2 atom stereocenters. The summed E-state index contributed by atoms with van der Waals surface area (Å²) in [6.45, 7) is 8.02. The molecule has 14 N–H and O–H groups in total. The van der Waals surface area contributed by atoms with Crippen molar-refractivity contribution < 1.29 is 24.3 Å². The molecule has 0 radical (unpaired) electrons. The normalized spacial score (nSPS) is 11.2. The summed E-state index contributed by atoms with van der Waals surface area (Å²) in [6, 6.07) is 11.4. The Bertz CT molecular complexity index is 1210. The number of guanidine groups is 1. The minimum atomic E-state index is -1.01. The summed E-state index contributed by atoms with van der Waals surface area (Å²) in [6.07, 6.45) is 1.81. The van der Waals surface area contributed by atoms with Crippen molar-refractivity contribution in [3.63, 3.8) is 0 Å². The fourth-order valence-electron chi connectivity index (χ4n) is 3.89. The molecule has 45 heavy (non-hydrogen) atoms. The van der Waals surface area contributed by atoms with Gasteiger partial charge in [-0.05, 0) is 75.4 Å². The zero-order chi connectivity index (χ0) is 34.4. The summed E-state index contributed by atoms with van der Waals surface area (Å²) in [5.74, 6) is -2.15. The van der Waals surface area contributed by atoms with Gasteiger partial charge in [0.05, 0.1) is 13.1 Å². The van der Waals surface area contributed by atoms with Gasteiger partial charge in [0, 0.05) is 13.0 Å². The van der Waals surface area contributed by atoms with E-state index in [-0.39, 0.29) is 37.6 Å². The number of nitrogens with one attached hydrogen (secondary N) is 3. The molecule has 2 aromatic carbocycles. The van der Waals surface area contributed by atoms with E-state index in [4.69, 9.17) is 28.7 Å². The highest BCUT2D eigenvalue weighted by Gasteiger charge is 2.27. The maximum atomic E-state index is 13.0. The lowest BCUT2D eigenvalue weighted by molar-refractivity contribution is -0.132. The fourth-order valence-corrected chi connectivity index (χ4v) is 3.89. The van der Waals surface area contributed by atoms with Crippen LogP contribution >= 0.6 is 0 Å². The Morgan fingerprint density at radius 3 is 1.91 bits per heavy atom. The van der Waals surface area contributed by atoms with Crippen LogP contribution in [0.25, 0.3) is 0 Å². The minimum absolute atomic E-state index is 0.0960. The molecule has 14 heteroatoms. The topological polar surface area (TPSA) is 267 Å². The lowest BCUT2D eigenvalue weighted by atomic mass is 9.95. The van der Waals surface area contributed by atoms with Gasteiger partial charge in [0.2, 0.25) is 23.6 Å². The van der Waals surface area contributed by atoms with Crippen molar-refractivity contribution in [3.05, 3.63) is 64.7 Å². The van der Waals surface area contributed by atoms with Crippen molar-refractivity contribution in [2.24, 2.45) is 33.7 Å². The van der Waals surface area contributed by atoms with Crippen LogP contribution in [0.5, 0.6) is 5.75 Å². The van der Waals surface area contributed by atoms with E-state index in [0.717, 1.165) is 29.7 Å². The Morgan fingerprint density at radius 1 is 0.889 bits per heavy atom. The highest BCUT2D eigenvalue weighted by atomic mass is 16.3. The predicted octanol–water partition coefficient (Wildman–Crippen LogP) is -0.515. The number of aliphatic imine (C=N–C) groups is 1. The minimum Gasteiger partial charge on any atom is -0.508 e. The Labute approximate surface area is 265 Å². The van der Waals surface area contributed by atoms with Crippen LogP contribution in [0.4, 0.5) is 0 Å². The zero-order valence-electron chi connectivity index (χ0n) is 26.8. The summed E-state index contributed by atoms with van der Waals surface area (Å²) in [5.41, 5.74) is 29.5. The first-order valence-corrected chi connectivity index (χ1v) is 14.7. The molecule has 4 amide bonds. The number of aryl methyl sites for hydroxylation is 3. The molecule has 0 aliphatic heterocycles. The molecular weight excluding hydrogens is 578 g/mol. The second kappa shape index (κ2) is 22.8. The Hall–Kier alpha value is -4.69. The van der Waals surface area contributed by atoms with Gasteiger partial charge in [0.1, 0.15) is 17.8 Å². The van der Waals surface area contributed by atoms with Crippen LogP contribution in [-0.4, -0.2) is 73.0 Å². The summed E-state index contributed by atoms with van der Waals surface area (Å²) >= 11 is 0. The molecule has 0 fully saturated rings. The third-order valence-electron chi connectivity index (χ3n) is 6.15. The van der Waals surface area contributed by atoms with Gasteiger partial charge in [-0.25, -0.2) is 0 Å². The number of carbonyl (C=O) groups is 4. The van der Waals surface area contributed by atoms with Gasteiger partial charge < -0.3 is 49.7 Å². The molecule has 2 aromatic rings. The number of nitrogens with two attached hydrogens (primary N) is 5. The Balaban J connectivity index is 0.00000112. The molecule has 0 aliphatic rings. The average Bonchev–Trinajstić information content (AvgIpc) is 2.98. The number of aromatic hydroxyl groups is 1. The first kappa shape index (κ1) is 40.3. The Kier molecular flexibility index (Phi) is 20.4. The molecule has 14 nitrogen and oxygen atoms in total. The molecule has 0 saturated heterocycles. The van der Waals surface area contributed by atoms with Gasteiger partial charge in [0.25, 0.3) is 0 Å². The summed E-state index contributed by atoms with van der Waals surface area (Å²) < 4.78 is 0. The number of rotatable bonds is 14. The van der Waals surface area contributed by atoms with Crippen molar-refractivity contribution in [2.75, 3.05) is 26.2 Å². The third kappa shape index (κ3) is 18.6. The van der Waals surface area contributed by atoms with E-state index < -0.39 is 35.7 Å². The third-order valence-corrected chi connectivity index (χ3v) is 6.15. The van der Waals surface area contributed by atoms with Gasteiger partial charge in [-0.2, -0.15) is 0 Å². The number of phenolic OH excluding ortho intramolecular Hbond substituents is 1. The number of carbonyl (C=O) groups excluding carboxylic acids is 4. The van der Waals surface area contributed by atoms with Crippen molar-refractivity contribution in [1.29, 1.82) is 0 Å². The van der Waals surface area contributed by atoms with E-state index in [1.54, 1.807) is 26.0 Å². The van der Waals surface area contributed by atoms with E-state index in [9.17, 15) is 24.3 Å². The largest absolute Gasteiger partial charge is 0.508 e.